The lowest BCUT2D eigenvalue weighted by Crippen LogP contribution is -2.11. The third-order valence-corrected chi connectivity index (χ3v) is 4.19. The lowest BCUT2D eigenvalue weighted by molar-refractivity contribution is 0.697. The third-order valence-electron chi connectivity index (χ3n) is 4.19. The van der Waals surface area contributed by atoms with Crippen LogP contribution >= 0.6 is 0 Å². The summed E-state index contributed by atoms with van der Waals surface area (Å²) in [5.74, 6) is 2.32. The van der Waals surface area contributed by atoms with Gasteiger partial charge in [-0.3, -0.25) is 9.67 Å². The molecule has 132 valence electrons. The monoisotopic (exact) mass is 349 g/mol. The normalized spacial score (nSPS) is 11.2. The van der Waals surface area contributed by atoms with Crippen molar-refractivity contribution in [1.29, 1.82) is 0 Å². The highest BCUT2D eigenvalue weighted by Gasteiger charge is 2.13. The zero-order chi connectivity index (χ0) is 17.9. The predicted octanol–water partition coefficient (Wildman–Crippen LogP) is 1.69. The highest BCUT2D eigenvalue weighted by atomic mass is 15.3. The van der Waals surface area contributed by atoms with Crippen LogP contribution in [0.25, 0.3) is 22.4 Å². The van der Waals surface area contributed by atoms with Crippen molar-refractivity contribution >= 4 is 16.9 Å². The fourth-order valence-corrected chi connectivity index (χ4v) is 2.81. The Kier molecular flexibility index (Phi) is 4.26. The molecule has 0 atom stereocenters. The van der Waals surface area contributed by atoms with Crippen LogP contribution < -0.4 is 5.32 Å². The first-order valence-corrected chi connectivity index (χ1v) is 8.47. The van der Waals surface area contributed by atoms with E-state index in [1.165, 1.54) is 0 Å². The van der Waals surface area contributed by atoms with Crippen LogP contribution in [0, 0.1) is 0 Å². The average molecular weight is 349 g/mol. The predicted molar refractivity (Wildman–Crippen MR) is 97.4 cm³/mol. The smallest absolute Gasteiger partial charge is 0.165 e. The molecule has 0 aromatic carbocycles. The molecule has 0 aliphatic rings. The van der Waals surface area contributed by atoms with Crippen molar-refractivity contribution in [3.8, 4) is 11.4 Å². The Morgan fingerprint density at radius 3 is 2.92 bits per heavy atom. The molecule has 0 fully saturated rings. The lowest BCUT2D eigenvalue weighted by atomic mass is 10.2. The summed E-state index contributed by atoms with van der Waals surface area (Å²) >= 11 is 0. The van der Waals surface area contributed by atoms with Crippen LogP contribution in [0.5, 0.6) is 0 Å². The second kappa shape index (κ2) is 6.87. The minimum atomic E-state index is 0.619. The molecule has 0 spiro atoms. The van der Waals surface area contributed by atoms with E-state index >= 15 is 0 Å². The number of hydrogen-bond acceptors (Lipinski definition) is 7. The van der Waals surface area contributed by atoms with Crippen LogP contribution in [0.15, 0.2) is 37.1 Å². The first-order chi connectivity index (χ1) is 12.8. The maximum atomic E-state index is 4.69. The lowest BCUT2D eigenvalue weighted by Gasteiger charge is -2.09. The fraction of sp³-hybridized carbons (Fsp3) is 0.294. The van der Waals surface area contributed by atoms with Gasteiger partial charge in [0.25, 0.3) is 0 Å². The third kappa shape index (κ3) is 2.99. The summed E-state index contributed by atoms with van der Waals surface area (Å²) in [5.41, 5.74) is 1.64. The van der Waals surface area contributed by atoms with Crippen molar-refractivity contribution in [2.24, 2.45) is 7.05 Å². The molecule has 4 rings (SSSR count). The van der Waals surface area contributed by atoms with Crippen molar-refractivity contribution in [3.63, 3.8) is 0 Å². The molecule has 1 N–H and O–H groups in total. The number of nitrogens with zero attached hydrogens (tertiary/aromatic N) is 8. The van der Waals surface area contributed by atoms with Crippen LogP contribution in [-0.4, -0.2) is 46.0 Å². The van der Waals surface area contributed by atoms with E-state index in [1.807, 2.05) is 23.7 Å². The zero-order valence-corrected chi connectivity index (χ0v) is 14.7. The molecule has 0 saturated heterocycles. The number of hydrogen-bond donors (Lipinski definition) is 1. The summed E-state index contributed by atoms with van der Waals surface area (Å²) in [4.78, 5) is 13.5. The number of aryl methyl sites for hydroxylation is 2. The van der Waals surface area contributed by atoms with E-state index in [9.17, 15) is 0 Å². The highest BCUT2D eigenvalue weighted by molar-refractivity contribution is 5.88. The molecule has 9 nitrogen and oxygen atoms in total. The van der Waals surface area contributed by atoms with E-state index < -0.39 is 0 Å². The molecule has 4 heterocycles. The molecule has 0 saturated carbocycles. The van der Waals surface area contributed by atoms with Gasteiger partial charge in [-0.25, -0.2) is 9.97 Å². The summed E-state index contributed by atoms with van der Waals surface area (Å²) in [5, 5.41) is 16.7. The second-order valence-corrected chi connectivity index (χ2v) is 5.85. The number of fused-ring (bicyclic) bond motifs is 1. The van der Waals surface area contributed by atoms with Gasteiger partial charge < -0.3 is 9.88 Å². The number of anilines is 1. The van der Waals surface area contributed by atoms with Crippen molar-refractivity contribution in [2.75, 3.05) is 11.9 Å². The average Bonchev–Trinajstić information content (AvgIpc) is 3.29. The Morgan fingerprint density at radius 2 is 2.12 bits per heavy atom. The summed E-state index contributed by atoms with van der Waals surface area (Å²) < 4.78 is 3.78. The van der Waals surface area contributed by atoms with Crippen LogP contribution in [0.3, 0.4) is 0 Å². The highest BCUT2D eigenvalue weighted by Crippen LogP contribution is 2.24. The minimum Gasteiger partial charge on any atom is -0.369 e. The summed E-state index contributed by atoms with van der Waals surface area (Å²) in [6, 6.07) is 3.81. The zero-order valence-electron chi connectivity index (χ0n) is 14.7. The Labute approximate surface area is 150 Å². The maximum absolute atomic E-state index is 4.69. The first-order valence-electron chi connectivity index (χ1n) is 8.47. The number of aromatic nitrogens is 8. The van der Waals surface area contributed by atoms with Gasteiger partial charge in [-0.05, 0) is 19.1 Å². The second-order valence-electron chi connectivity index (χ2n) is 5.85. The molecule has 0 amide bonds. The van der Waals surface area contributed by atoms with E-state index in [-0.39, 0.29) is 0 Å². The van der Waals surface area contributed by atoms with Crippen molar-refractivity contribution in [1.82, 2.24) is 39.5 Å². The van der Waals surface area contributed by atoms with Gasteiger partial charge in [0.05, 0.1) is 11.6 Å². The van der Waals surface area contributed by atoms with Crippen molar-refractivity contribution in [2.45, 2.75) is 19.9 Å². The topological polar surface area (TPSA) is 99.2 Å². The number of nitrogens with one attached hydrogen (secondary N) is 1. The van der Waals surface area contributed by atoms with E-state index in [2.05, 4.69) is 42.5 Å². The molecule has 0 aliphatic carbocycles. The van der Waals surface area contributed by atoms with Gasteiger partial charge >= 0.3 is 0 Å². The van der Waals surface area contributed by atoms with Crippen LogP contribution in [-0.2, 0) is 20.0 Å². The minimum absolute atomic E-state index is 0.619. The van der Waals surface area contributed by atoms with E-state index in [1.54, 1.807) is 29.6 Å². The molecule has 0 aliphatic heterocycles. The molecule has 9 heteroatoms. The summed E-state index contributed by atoms with van der Waals surface area (Å²) in [6.07, 6.45) is 7.76. The quantitative estimate of drug-likeness (QED) is 0.565. The molecular weight excluding hydrogens is 330 g/mol. The molecule has 0 bridgehead atoms. The van der Waals surface area contributed by atoms with E-state index in [0.717, 1.165) is 41.2 Å². The van der Waals surface area contributed by atoms with Gasteiger partial charge in [0, 0.05) is 44.5 Å². The molecule has 0 radical (unpaired) electrons. The van der Waals surface area contributed by atoms with Crippen molar-refractivity contribution < 1.29 is 0 Å². The Bertz CT molecular complexity index is 1020. The van der Waals surface area contributed by atoms with Crippen LogP contribution in [0.2, 0.25) is 0 Å². The van der Waals surface area contributed by atoms with Gasteiger partial charge in [-0.2, -0.15) is 5.10 Å². The van der Waals surface area contributed by atoms with Crippen LogP contribution in [0.1, 0.15) is 12.7 Å². The molecular formula is C17H19N9. The molecule has 26 heavy (non-hydrogen) atoms. The van der Waals surface area contributed by atoms with Crippen LogP contribution in [0.4, 0.5) is 5.82 Å². The van der Waals surface area contributed by atoms with Gasteiger partial charge in [-0.15, -0.1) is 10.2 Å². The molecule has 4 aromatic heterocycles. The Morgan fingerprint density at radius 1 is 1.19 bits per heavy atom. The van der Waals surface area contributed by atoms with E-state index in [0.29, 0.717) is 12.4 Å². The number of pyridine rings is 1. The van der Waals surface area contributed by atoms with Gasteiger partial charge in [0.1, 0.15) is 18.0 Å². The van der Waals surface area contributed by atoms with Gasteiger partial charge in [-0.1, -0.05) is 0 Å². The molecule has 4 aromatic rings. The fourth-order valence-electron chi connectivity index (χ4n) is 2.81. The summed E-state index contributed by atoms with van der Waals surface area (Å²) in [6.45, 7) is 3.62. The van der Waals surface area contributed by atoms with Gasteiger partial charge in [0.2, 0.25) is 0 Å². The first kappa shape index (κ1) is 16.1. The Hall–Kier alpha value is -3.36. The van der Waals surface area contributed by atoms with E-state index in [4.69, 9.17) is 0 Å². The SMILES string of the molecule is CCn1cnnc1CCNc1nc(-c2cccnc2)nc2c1cnn2C. The summed E-state index contributed by atoms with van der Waals surface area (Å²) in [7, 11) is 1.87. The number of rotatable bonds is 6. The molecule has 0 unspecified atom stereocenters. The largest absolute Gasteiger partial charge is 0.369 e. The maximum Gasteiger partial charge on any atom is 0.165 e. The standard InChI is InChI=1S/C17H19N9/c1-3-26-11-20-24-14(26)6-8-19-16-13-10-21-25(2)17(13)23-15(22-16)12-5-4-7-18-9-12/h4-5,7,9-11H,3,6,8H2,1-2H3,(H,19,22,23). The van der Waals surface area contributed by atoms with Gasteiger partial charge in [0.15, 0.2) is 11.5 Å². The van der Waals surface area contributed by atoms with Crippen molar-refractivity contribution in [3.05, 3.63) is 42.9 Å². The Balaban J connectivity index is 1.63.